The standard InChI is InChI=1S/C16H21FO2/c1-10-5-11(2)8-16(7-10)9-14(18)13-4-3-12(17)6-15(13)19-16/h3-4,6,10-11,14,18H,5,7-9H2,1-2H3/t10?,11?,14-,16?/m0/s1. The summed E-state index contributed by atoms with van der Waals surface area (Å²) in [7, 11) is 0. The minimum absolute atomic E-state index is 0.306. The van der Waals surface area contributed by atoms with Crippen LogP contribution in [0.2, 0.25) is 0 Å². The molecule has 1 aliphatic carbocycles. The van der Waals surface area contributed by atoms with Crippen molar-refractivity contribution in [3.05, 3.63) is 29.6 Å². The van der Waals surface area contributed by atoms with Crippen molar-refractivity contribution in [1.29, 1.82) is 0 Å². The Morgan fingerprint density at radius 1 is 1.21 bits per heavy atom. The van der Waals surface area contributed by atoms with Crippen LogP contribution in [0.3, 0.4) is 0 Å². The molecule has 1 fully saturated rings. The molecule has 1 aliphatic heterocycles. The third-order valence-electron chi connectivity index (χ3n) is 4.47. The van der Waals surface area contributed by atoms with E-state index in [1.165, 1.54) is 18.6 Å². The van der Waals surface area contributed by atoms with Crippen LogP contribution in [-0.4, -0.2) is 10.7 Å². The maximum absolute atomic E-state index is 13.4. The first-order valence-electron chi connectivity index (χ1n) is 7.14. The Bertz CT molecular complexity index is 476. The molecular formula is C16H21FO2. The number of aliphatic hydroxyl groups excluding tert-OH is 1. The van der Waals surface area contributed by atoms with Gasteiger partial charge in [-0.05, 0) is 43.2 Å². The van der Waals surface area contributed by atoms with Crippen molar-refractivity contribution in [2.75, 3.05) is 0 Å². The number of hydrogen-bond donors (Lipinski definition) is 1. The lowest BCUT2D eigenvalue weighted by atomic mass is 9.70. The number of fused-ring (bicyclic) bond motifs is 1. The Kier molecular flexibility index (Phi) is 3.05. The van der Waals surface area contributed by atoms with Crippen LogP contribution in [0.25, 0.3) is 0 Å². The highest BCUT2D eigenvalue weighted by atomic mass is 19.1. The summed E-state index contributed by atoms with van der Waals surface area (Å²) < 4.78 is 19.5. The molecule has 19 heavy (non-hydrogen) atoms. The predicted molar refractivity (Wildman–Crippen MR) is 71.5 cm³/mol. The lowest BCUT2D eigenvalue weighted by molar-refractivity contribution is -0.0625. The first-order chi connectivity index (χ1) is 8.97. The highest BCUT2D eigenvalue weighted by molar-refractivity contribution is 5.38. The van der Waals surface area contributed by atoms with Crippen LogP contribution in [0.15, 0.2) is 18.2 Å². The molecule has 1 heterocycles. The summed E-state index contributed by atoms with van der Waals surface area (Å²) in [6.07, 6.45) is 3.19. The van der Waals surface area contributed by atoms with Crippen molar-refractivity contribution >= 4 is 0 Å². The number of hydrogen-bond acceptors (Lipinski definition) is 2. The van der Waals surface area contributed by atoms with E-state index >= 15 is 0 Å². The Hall–Kier alpha value is -1.09. The summed E-state index contributed by atoms with van der Waals surface area (Å²) in [6.45, 7) is 4.46. The van der Waals surface area contributed by atoms with Crippen molar-refractivity contribution < 1.29 is 14.2 Å². The zero-order valence-corrected chi connectivity index (χ0v) is 11.5. The van der Waals surface area contributed by atoms with E-state index in [0.29, 0.717) is 24.0 Å². The molecule has 3 rings (SSSR count). The molecule has 3 heteroatoms. The van der Waals surface area contributed by atoms with Gasteiger partial charge in [0.05, 0.1) is 6.10 Å². The van der Waals surface area contributed by atoms with Gasteiger partial charge < -0.3 is 9.84 Å². The third-order valence-corrected chi connectivity index (χ3v) is 4.47. The molecule has 3 atom stereocenters. The molecule has 104 valence electrons. The van der Waals surface area contributed by atoms with Crippen molar-refractivity contribution in [3.63, 3.8) is 0 Å². The van der Waals surface area contributed by atoms with Gasteiger partial charge in [0.1, 0.15) is 17.2 Å². The maximum Gasteiger partial charge on any atom is 0.128 e. The van der Waals surface area contributed by atoms with Crippen molar-refractivity contribution in [1.82, 2.24) is 0 Å². The fraction of sp³-hybridized carbons (Fsp3) is 0.625. The Morgan fingerprint density at radius 3 is 2.58 bits per heavy atom. The van der Waals surface area contributed by atoms with Crippen LogP contribution < -0.4 is 4.74 Å². The van der Waals surface area contributed by atoms with E-state index in [4.69, 9.17) is 4.74 Å². The molecule has 2 nitrogen and oxygen atoms in total. The monoisotopic (exact) mass is 264 g/mol. The van der Waals surface area contributed by atoms with Crippen molar-refractivity contribution in [2.24, 2.45) is 11.8 Å². The van der Waals surface area contributed by atoms with E-state index in [0.717, 1.165) is 18.4 Å². The van der Waals surface area contributed by atoms with Crippen LogP contribution in [-0.2, 0) is 0 Å². The second-order valence-electron chi connectivity index (χ2n) is 6.54. The van der Waals surface area contributed by atoms with Gasteiger partial charge in [-0.1, -0.05) is 13.8 Å². The summed E-state index contributed by atoms with van der Waals surface area (Å²) in [6, 6.07) is 4.43. The fourth-order valence-electron chi connectivity index (χ4n) is 4.07. The van der Waals surface area contributed by atoms with E-state index in [1.54, 1.807) is 6.07 Å². The number of aliphatic hydroxyl groups is 1. The van der Waals surface area contributed by atoms with Crippen LogP contribution in [0.4, 0.5) is 4.39 Å². The molecule has 1 aromatic rings. The summed E-state index contributed by atoms with van der Waals surface area (Å²) in [5.41, 5.74) is 0.412. The molecule has 0 aromatic heterocycles. The van der Waals surface area contributed by atoms with E-state index in [2.05, 4.69) is 13.8 Å². The third kappa shape index (κ3) is 2.36. The van der Waals surface area contributed by atoms with Crippen LogP contribution in [0.5, 0.6) is 5.75 Å². The minimum Gasteiger partial charge on any atom is -0.487 e. The van der Waals surface area contributed by atoms with Gasteiger partial charge in [0.2, 0.25) is 0 Å². The van der Waals surface area contributed by atoms with Crippen molar-refractivity contribution in [2.45, 2.75) is 51.2 Å². The average Bonchev–Trinajstić information content (AvgIpc) is 2.25. The molecule has 0 bridgehead atoms. The van der Waals surface area contributed by atoms with Gasteiger partial charge in [0.15, 0.2) is 0 Å². The second kappa shape index (κ2) is 4.48. The van der Waals surface area contributed by atoms with Gasteiger partial charge >= 0.3 is 0 Å². The predicted octanol–water partition coefficient (Wildman–Crippen LogP) is 3.84. The molecule has 2 unspecified atom stereocenters. The molecule has 1 saturated carbocycles. The van der Waals surface area contributed by atoms with Crippen LogP contribution in [0.1, 0.15) is 51.2 Å². The molecule has 1 aromatic carbocycles. The van der Waals surface area contributed by atoms with E-state index in [1.807, 2.05) is 0 Å². The van der Waals surface area contributed by atoms with E-state index in [9.17, 15) is 9.50 Å². The number of rotatable bonds is 0. The molecule has 0 saturated heterocycles. The van der Waals surface area contributed by atoms with Gasteiger partial charge in [-0.3, -0.25) is 0 Å². The number of halogens is 1. The SMILES string of the molecule is CC1CC(C)CC2(C1)C[C@H](O)c1ccc(F)cc1O2. The lowest BCUT2D eigenvalue weighted by Gasteiger charge is -2.47. The smallest absolute Gasteiger partial charge is 0.128 e. The number of benzene rings is 1. The maximum atomic E-state index is 13.4. The van der Waals surface area contributed by atoms with Crippen LogP contribution in [0, 0.1) is 17.7 Å². The van der Waals surface area contributed by atoms with Gasteiger partial charge in [-0.2, -0.15) is 0 Å². The van der Waals surface area contributed by atoms with Gasteiger partial charge in [-0.25, -0.2) is 4.39 Å². The molecule has 1 spiro atoms. The highest BCUT2D eigenvalue weighted by Crippen LogP contribution is 2.48. The van der Waals surface area contributed by atoms with Gasteiger partial charge in [0, 0.05) is 18.1 Å². The van der Waals surface area contributed by atoms with Gasteiger partial charge in [-0.15, -0.1) is 0 Å². The van der Waals surface area contributed by atoms with E-state index in [-0.39, 0.29) is 11.4 Å². The quantitative estimate of drug-likeness (QED) is 0.771. The first kappa shape index (κ1) is 12.9. The van der Waals surface area contributed by atoms with E-state index < -0.39 is 6.10 Å². The summed E-state index contributed by atoms with van der Waals surface area (Å²) >= 11 is 0. The topological polar surface area (TPSA) is 29.5 Å². The molecule has 2 aliphatic rings. The largest absolute Gasteiger partial charge is 0.487 e. The Morgan fingerprint density at radius 2 is 1.89 bits per heavy atom. The second-order valence-corrected chi connectivity index (χ2v) is 6.54. The Balaban J connectivity index is 1.95. The molecule has 0 amide bonds. The average molecular weight is 264 g/mol. The molecular weight excluding hydrogens is 243 g/mol. The first-order valence-corrected chi connectivity index (χ1v) is 7.14. The summed E-state index contributed by atoms with van der Waals surface area (Å²) in [4.78, 5) is 0. The zero-order chi connectivity index (χ0) is 13.6. The van der Waals surface area contributed by atoms with Gasteiger partial charge in [0.25, 0.3) is 0 Å². The molecule has 1 N–H and O–H groups in total. The zero-order valence-electron chi connectivity index (χ0n) is 11.5. The Labute approximate surface area is 113 Å². The molecule has 0 radical (unpaired) electrons. The van der Waals surface area contributed by atoms with Crippen molar-refractivity contribution in [3.8, 4) is 5.75 Å². The summed E-state index contributed by atoms with van der Waals surface area (Å²) in [5.74, 6) is 1.40. The normalized spacial score (nSPS) is 37.8. The summed E-state index contributed by atoms with van der Waals surface area (Å²) in [5, 5.41) is 10.3. The number of ether oxygens (including phenoxy) is 1. The highest BCUT2D eigenvalue weighted by Gasteiger charge is 2.45. The van der Waals surface area contributed by atoms with Crippen LogP contribution >= 0.6 is 0 Å². The lowest BCUT2D eigenvalue weighted by Crippen LogP contribution is -2.46. The minimum atomic E-state index is -0.540. The fourth-order valence-corrected chi connectivity index (χ4v) is 4.07.